The van der Waals surface area contributed by atoms with Gasteiger partial charge in [-0.3, -0.25) is 9.59 Å². The molecule has 2 aliphatic carbocycles. The molecule has 0 radical (unpaired) electrons. The molecule has 2 N–H and O–H groups in total. The molecule has 2 saturated heterocycles. The van der Waals surface area contributed by atoms with Crippen molar-refractivity contribution in [3.8, 4) is 5.75 Å². The van der Waals surface area contributed by atoms with E-state index in [4.69, 9.17) is 9.47 Å². The summed E-state index contributed by atoms with van der Waals surface area (Å²) in [6, 6.07) is 4.20. The first-order valence-corrected chi connectivity index (χ1v) is 25.7. The number of alkyl carbamates (subject to hydrolysis) is 2. The first kappa shape index (κ1) is 53.9. The van der Waals surface area contributed by atoms with Crippen LogP contribution in [-0.4, -0.2) is 84.7 Å². The van der Waals surface area contributed by atoms with E-state index in [2.05, 4.69) is 21.4 Å². The standard InChI is InChI=1S/C26H34FN3O3.C25H31F4N3O6S/c1-7-17-12-22(31)30(19-8-9-19)23-15(2)24(21(27)13-20(17)23)29-11-10-18(14-29)16(3)28-25(32)33-26(4,5)6;1-13-21-17(19(38-39(35,36)25(27,28)29)11-20(33)32(21)16-6-7-16)10-18(26)22(13)31-9-8-15(12-31)14(2)30-23(34)37-24(3,4)5/h7,12-13,16,18-19H,1,8-11,14H2,2-6H3,(H,28,32);10-11,14-16H,6-9,12H2,1-5H3,(H,30,34)/t16-,18+;14-,15+/m00/s1. The molecule has 2 aromatic heterocycles. The molecule has 0 spiro atoms. The molecular formula is C51H65F5N6O9S. The van der Waals surface area contributed by atoms with Gasteiger partial charge in [0.05, 0.1) is 22.4 Å². The molecule has 2 saturated carbocycles. The summed E-state index contributed by atoms with van der Waals surface area (Å²) in [5.41, 5.74) is -4.41. The number of carbonyl (C=O) groups is 2. The van der Waals surface area contributed by atoms with Gasteiger partial charge in [-0.05, 0) is 148 Å². The molecular weight excluding hydrogens is 968 g/mol. The molecule has 2 amide bonds. The van der Waals surface area contributed by atoms with Gasteiger partial charge in [0.1, 0.15) is 22.8 Å². The van der Waals surface area contributed by atoms with Crippen LogP contribution in [0.15, 0.2) is 40.4 Å². The Morgan fingerprint density at radius 2 is 1.10 bits per heavy atom. The van der Waals surface area contributed by atoms with Crippen LogP contribution in [0.5, 0.6) is 5.75 Å². The quantitative estimate of drug-likeness (QED) is 0.0833. The summed E-state index contributed by atoms with van der Waals surface area (Å²) < 4.78 is 112. The number of nitrogens with one attached hydrogen (secondary N) is 2. The number of hydrogen-bond acceptors (Lipinski definition) is 11. The van der Waals surface area contributed by atoms with Gasteiger partial charge in [-0.2, -0.15) is 21.6 Å². The molecule has 8 rings (SSSR count). The number of anilines is 2. The fourth-order valence-electron chi connectivity index (χ4n) is 9.89. The highest BCUT2D eigenvalue weighted by Crippen LogP contribution is 2.44. The summed E-state index contributed by atoms with van der Waals surface area (Å²) in [5.74, 6) is -1.88. The van der Waals surface area contributed by atoms with Crippen molar-refractivity contribution < 1.29 is 53.6 Å². The summed E-state index contributed by atoms with van der Waals surface area (Å²) in [5, 5.41) is 6.21. The van der Waals surface area contributed by atoms with Crippen LogP contribution in [0.3, 0.4) is 0 Å². The smallest absolute Gasteiger partial charge is 0.444 e. The van der Waals surface area contributed by atoms with E-state index in [0.717, 1.165) is 41.8 Å². The molecule has 4 atom stereocenters. The Hall–Kier alpha value is -5.86. The number of aryl methyl sites for hydroxylation is 2. The molecule has 394 valence electrons. The number of amides is 2. The number of benzene rings is 2. The maximum Gasteiger partial charge on any atom is 0.534 e. The van der Waals surface area contributed by atoms with Gasteiger partial charge < -0.3 is 43.2 Å². The predicted molar refractivity (Wildman–Crippen MR) is 266 cm³/mol. The zero-order chi connectivity index (χ0) is 53.2. The summed E-state index contributed by atoms with van der Waals surface area (Å²) in [6.45, 7) is 23.9. The number of pyridine rings is 2. The highest BCUT2D eigenvalue weighted by atomic mass is 32.2. The minimum absolute atomic E-state index is 0.0601. The Balaban J connectivity index is 0.000000214. The largest absolute Gasteiger partial charge is 0.534 e. The van der Waals surface area contributed by atoms with Crippen molar-refractivity contribution in [1.82, 2.24) is 19.8 Å². The molecule has 2 aromatic carbocycles. The molecule has 4 aromatic rings. The molecule has 0 unspecified atom stereocenters. The Morgan fingerprint density at radius 1 is 0.694 bits per heavy atom. The second kappa shape index (κ2) is 19.9. The lowest BCUT2D eigenvalue weighted by molar-refractivity contribution is -0.0499. The highest BCUT2D eigenvalue weighted by Gasteiger charge is 2.49. The SMILES string of the molecule is C=Cc1cc(=O)n(C2CC2)c2c(C)c(N3CC[C@@H]([C@H](C)NC(=O)OC(C)(C)C)C3)c(F)cc12.Cc1c(N2CC[C@@H]([C@H](C)NC(=O)OC(C)(C)C)C2)c(F)cc2c(OS(=O)(=O)C(F)(F)F)cc(=O)n(C3CC3)c12. The topological polar surface area (TPSA) is 171 Å². The van der Waals surface area contributed by atoms with Crippen LogP contribution < -0.4 is 35.7 Å². The number of aromatic nitrogens is 2. The van der Waals surface area contributed by atoms with Crippen molar-refractivity contribution in [2.75, 3.05) is 36.0 Å². The molecule has 15 nitrogen and oxygen atoms in total. The Morgan fingerprint density at radius 3 is 1.49 bits per heavy atom. The van der Waals surface area contributed by atoms with Crippen LogP contribution in [0.25, 0.3) is 27.9 Å². The zero-order valence-corrected chi connectivity index (χ0v) is 43.2. The van der Waals surface area contributed by atoms with Gasteiger partial charge in [-0.1, -0.05) is 12.7 Å². The van der Waals surface area contributed by atoms with Crippen molar-refractivity contribution in [3.05, 3.63) is 79.9 Å². The van der Waals surface area contributed by atoms with Crippen molar-refractivity contribution in [2.24, 2.45) is 11.8 Å². The van der Waals surface area contributed by atoms with Gasteiger partial charge in [0, 0.05) is 73.3 Å². The van der Waals surface area contributed by atoms with Gasteiger partial charge in [0.25, 0.3) is 11.1 Å². The van der Waals surface area contributed by atoms with E-state index in [1.54, 1.807) is 43.9 Å². The van der Waals surface area contributed by atoms with Crippen LogP contribution in [0.1, 0.15) is 123 Å². The van der Waals surface area contributed by atoms with Gasteiger partial charge in [-0.25, -0.2) is 18.4 Å². The number of rotatable bonds is 11. The fourth-order valence-corrected chi connectivity index (χ4v) is 10.4. The van der Waals surface area contributed by atoms with E-state index < -0.39 is 56.1 Å². The van der Waals surface area contributed by atoms with Crippen LogP contribution in [0, 0.1) is 37.3 Å². The summed E-state index contributed by atoms with van der Waals surface area (Å²) in [4.78, 5) is 54.0. The third kappa shape index (κ3) is 11.7. The summed E-state index contributed by atoms with van der Waals surface area (Å²) in [6.07, 6.45) is 5.26. The van der Waals surface area contributed by atoms with E-state index >= 15 is 8.78 Å². The second-order valence-electron chi connectivity index (χ2n) is 21.5. The molecule has 4 fully saturated rings. The number of nitrogens with zero attached hydrogens (tertiary/aromatic N) is 4. The number of carbonyl (C=O) groups excluding carboxylic acids is 2. The summed E-state index contributed by atoms with van der Waals surface area (Å²) >= 11 is 0. The zero-order valence-electron chi connectivity index (χ0n) is 42.4. The molecule has 21 heteroatoms. The highest BCUT2D eigenvalue weighted by molar-refractivity contribution is 7.88. The van der Waals surface area contributed by atoms with E-state index in [1.807, 2.05) is 51.0 Å². The van der Waals surface area contributed by atoms with E-state index in [1.165, 1.54) is 11.5 Å². The van der Waals surface area contributed by atoms with E-state index in [0.29, 0.717) is 62.8 Å². The first-order chi connectivity index (χ1) is 33.4. The molecule has 4 heterocycles. The summed E-state index contributed by atoms with van der Waals surface area (Å²) in [7, 11) is -6.09. The number of alkyl halides is 3. The van der Waals surface area contributed by atoms with Gasteiger partial charge >= 0.3 is 27.8 Å². The van der Waals surface area contributed by atoms with Gasteiger partial charge in [0.15, 0.2) is 5.75 Å². The number of ether oxygens (including phenoxy) is 2. The van der Waals surface area contributed by atoms with Crippen LogP contribution in [0.2, 0.25) is 0 Å². The molecule has 4 aliphatic rings. The van der Waals surface area contributed by atoms with Crippen molar-refractivity contribution in [2.45, 2.75) is 149 Å². The number of fused-ring (bicyclic) bond motifs is 2. The Labute approximate surface area is 415 Å². The maximum absolute atomic E-state index is 15.6. The van der Waals surface area contributed by atoms with Crippen molar-refractivity contribution >= 4 is 61.6 Å². The number of hydrogen-bond donors (Lipinski definition) is 2. The van der Waals surface area contributed by atoms with Gasteiger partial charge in [-0.15, -0.1) is 0 Å². The monoisotopic (exact) mass is 1030 g/mol. The Kier molecular flexibility index (Phi) is 14.9. The van der Waals surface area contributed by atoms with E-state index in [-0.39, 0.29) is 69.5 Å². The average Bonchev–Trinajstić information content (AvgIpc) is 4.16. The minimum atomic E-state index is -6.09. The van der Waals surface area contributed by atoms with Crippen LogP contribution >= 0.6 is 0 Å². The normalized spacial score (nSPS) is 19.4. The van der Waals surface area contributed by atoms with Gasteiger partial charge in [0.2, 0.25) is 0 Å². The average molecular weight is 1030 g/mol. The van der Waals surface area contributed by atoms with Crippen LogP contribution in [-0.2, 0) is 19.6 Å². The molecule has 0 bridgehead atoms. The van der Waals surface area contributed by atoms with Crippen LogP contribution in [0.4, 0.5) is 42.9 Å². The third-order valence-corrected chi connectivity index (χ3v) is 14.5. The lowest BCUT2D eigenvalue weighted by Gasteiger charge is -2.27. The third-order valence-electron chi connectivity index (χ3n) is 13.5. The molecule has 2 aliphatic heterocycles. The fraction of sp³-hybridized carbons (Fsp3) is 0.569. The number of halogens is 5. The Bertz CT molecular complexity index is 3030. The maximum atomic E-state index is 15.6. The van der Waals surface area contributed by atoms with E-state index in [9.17, 15) is 40.8 Å². The van der Waals surface area contributed by atoms with Crippen molar-refractivity contribution in [1.29, 1.82) is 0 Å². The lowest BCUT2D eigenvalue weighted by atomic mass is 10.0. The predicted octanol–water partition coefficient (Wildman–Crippen LogP) is 9.92. The van der Waals surface area contributed by atoms with Crippen molar-refractivity contribution in [3.63, 3.8) is 0 Å². The minimum Gasteiger partial charge on any atom is -0.444 e. The second-order valence-corrected chi connectivity index (χ2v) is 23.0. The lowest BCUT2D eigenvalue weighted by Crippen LogP contribution is -2.42. The first-order valence-electron chi connectivity index (χ1n) is 24.3. The molecule has 72 heavy (non-hydrogen) atoms.